The summed E-state index contributed by atoms with van der Waals surface area (Å²) in [6, 6.07) is 8.96. The standard InChI is InChI=1S/C38H54N2O6.2ClH/c1-5-9-19-39(20-10-6-2)23-13-25-45-37(43)29-15-17-31-33(27-29)36(42)34-28-30(16-18-32(34)35(31)41)38(44)46-26-14-24-40(21-11-7-3)22-12-8-4;;/h15-18,27-28H,5-14,19-26H2,1-4H3;2*1H. The Morgan fingerprint density at radius 3 is 1.15 bits per heavy atom. The number of halogens is 2. The van der Waals surface area contributed by atoms with Crippen molar-refractivity contribution in [1.82, 2.24) is 9.80 Å². The molecule has 3 rings (SSSR count). The summed E-state index contributed by atoms with van der Waals surface area (Å²) >= 11 is 0. The summed E-state index contributed by atoms with van der Waals surface area (Å²) in [5.74, 6) is -1.77. The van der Waals surface area contributed by atoms with Gasteiger partial charge in [-0.15, -0.1) is 24.8 Å². The van der Waals surface area contributed by atoms with Crippen molar-refractivity contribution in [3.05, 3.63) is 69.8 Å². The molecule has 48 heavy (non-hydrogen) atoms. The number of ether oxygens (including phenoxy) is 2. The molecule has 0 aromatic heterocycles. The van der Waals surface area contributed by atoms with E-state index in [0.717, 1.165) is 103 Å². The highest BCUT2D eigenvalue weighted by molar-refractivity contribution is 6.29. The molecule has 0 atom stereocenters. The van der Waals surface area contributed by atoms with Gasteiger partial charge >= 0.3 is 11.9 Å². The van der Waals surface area contributed by atoms with Crippen LogP contribution in [0.5, 0.6) is 0 Å². The van der Waals surface area contributed by atoms with Crippen LogP contribution < -0.4 is 0 Å². The minimum Gasteiger partial charge on any atom is -0.462 e. The molecule has 1 aliphatic rings. The molecule has 0 heterocycles. The number of hydrogen-bond acceptors (Lipinski definition) is 8. The Hall–Kier alpha value is -2.78. The van der Waals surface area contributed by atoms with Crippen molar-refractivity contribution in [3.63, 3.8) is 0 Å². The summed E-state index contributed by atoms with van der Waals surface area (Å²) in [7, 11) is 0. The smallest absolute Gasteiger partial charge is 0.338 e. The molecule has 8 nitrogen and oxygen atoms in total. The Morgan fingerprint density at radius 2 is 0.812 bits per heavy atom. The normalized spacial score (nSPS) is 11.9. The number of fused-ring (bicyclic) bond motifs is 2. The molecule has 0 fully saturated rings. The van der Waals surface area contributed by atoms with Gasteiger partial charge in [0.15, 0.2) is 11.6 Å². The second kappa shape index (κ2) is 23.6. The Morgan fingerprint density at radius 1 is 0.500 bits per heavy atom. The topological polar surface area (TPSA) is 93.2 Å². The van der Waals surface area contributed by atoms with Gasteiger partial charge in [0, 0.05) is 35.3 Å². The third-order valence-corrected chi connectivity index (χ3v) is 8.50. The molecule has 10 heteroatoms. The molecule has 0 N–H and O–H groups in total. The number of hydrogen-bond donors (Lipinski definition) is 0. The number of esters is 2. The number of carbonyl (C=O) groups excluding carboxylic acids is 4. The van der Waals surface area contributed by atoms with Gasteiger partial charge < -0.3 is 19.3 Å². The van der Waals surface area contributed by atoms with Gasteiger partial charge in [-0.3, -0.25) is 9.59 Å². The van der Waals surface area contributed by atoms with Crippen molar-refractivity contribution >= 4 is 48.3 Å². The zero-order valence-electron chi connectivity index (χ0n) is 29.4. The molecule has 0 saturated heterocycles. The largest absolute Gasteiger partial charge is 0.462 e. The summed E-state index contributed by atoms with van der Waals surface area (Å²) < 4.78 is 11.1. The van der Waals surface area contributed by atoms with Crippen LogP contribution in [0, 0.1) is 0 Å². The molecule has 1 aliphatic carbocycles. The van der Waals surface area contributed by atoms with Crippen molar-refractivity contribution in [2.24, 2.45) is 0 Å². The van der Waals surface area contributed by atoms with Crippen LogP contribution in [0.2, 0.25) is 0 Å². The molecular weight excluding hydrogens is 651 g/mol. The van der Waals surface area contributed by atoms with E-state index in [1.807, 2.05) is 0 Å². The lowest BCUT2D eigenvalue weighted by molar-refractivity contribution is 0.0478. The minimum atomic E-state index is -0.525. The highest BCUT2D eigenvalue weighted by Gasteiger charge is 2.31. The molecule has 0 radical (unpaired) electrons. The fourth-order valence-corrected chi connectivity index (χ4v) is 5.67. The fourth-order valence-electron chi connectivity index (χ4n) is 5.67. The van der Waals surface area contributed by atoms with Crippen LogP contribution in [0.4, 0.5) is 0 Å². The van der Waals surface area contributed by atoms with Gasteiger partial charge in [0.25, 0.3) is 0 Å². The van der Waals surface area contributed by atoms with E-state index >= 15 is 0 Å². The predicted octanol–water partition coefficient (Wildman–Crippen LogP) is 8.20. The maximum absolute atomic E-state index is 13.6. The number of ketones is 2. The average molecular weight is 708 g/mol. The first-order valence-electron chi connectivity index (χ1n) is 17.5. The first-order valence-corrected chi connectivity index (χ1v) is 17.5. The summed E-state index contributed by atoms with van der Waals surface area (Å²) in [6.07, 6.45) is 10.6. The van der Waals surface area contributed by atoms with E-state index < -0.39 is 17.7 Å². The lowest BCUT2D eigenvalue weighted by atomic mass is 9.82. The molecule has 2 aromatic carbocycles. The van der Waals surface area contributed by atoms with Crippen LogP contribution >= 0.6 is 24.8 Å². The minimum absolute atomic E-state index is 0. The second-order valence-electron chi connectivity index (χ2n) is 12.3. The molecule has 0 spiro atoms. The Bertz CT molecular complexity index is 1210. The molecule has 268 valence electrons. The van der Waals surface area contributed by atoms with E-state index in [1.165, 1.54) is 36.4 Å². The Balaban J connectivity index is 0.00000576. The number of rotatable bonds is 22. The zero-order valence-corrected chi connectivity index (χ0v) is 31.0. The lowest BCUT2D eigenvalue weighted by Gasteiger charge is -2.22. The third-order valence-electron chi connectivity index (χ3n) is 8.50. The molecule has 0 aliphatic heterocycles. The maximum atomic E-state index is 13.6. The van der Waals surface area contributed by atoms with Crippen LogP contribution in [0.1, 0.15) is 144 Å². The summed E-state index contributed by atoms with van der Waals surface area (Å²) in [5, 5.41) is 0. The first-order chi connectivity index (χ1) is 22.3. The average Bonchev–Trinajstić information content (AvgIpc) is 3.08. The van der Waals surface area contributed by atoms with Crippen molar-refractivity contribution in [1.29, 1.82) is 0 Å². The SMILES string of the molecule is CCCCN(CCCC)CCCOC(=O)c1ccc2c(c1)C(=O)c1cc(C(=O)OCCCN(CCCC)CCCC)ccc1C2=O.Cl.Cl. The van der Waals surface area contributed by atoms with Gasteiger partial charge in [-0.25, -0.2) is 9.59 Å². The quantitative estimate of drug-likeness (QED) is 0.0763. The van der Waals surface area contributed by atoms with Crippen LogP contribution in [0.3, 0.4) is 0 Å². The Labute approximate surface area is 300 Å². The molecular formula is C38H56Cl2N2O6. The zero-order chi connectivity index (χ0) is 33.3. The van der Waals surface area contributed by atoms with E-state index in [1.54, 1.807) is 0 Å². The van der Waals surface area contributed by atoms with E-state index in [0.29, 0.717) is 0 Å². The van der Waals surface area contributed by atoms with Crippen molar-refractivity contribution in [2.45, 2.75) is 91.9 Å². The van der Waals surface area contributed by atoms with Gasteiger partial charge in [-0.2, -0.15) is 0 Å². The van der Waals surface area contributed by atoms with Gasteiger partial charge in [0.1, 0.15) is 0 Å². The number of benzene rings is 2. The fraction of sp³-hybridized carbons (Fsp3) is 0.579. The highest BCUT2D eigenvalue weighted by atomic mass is 35.5. The summed E-state index contributed by atoms with van der Waals surface area (Å²) in [5.41, 5.74) is 1.20. The van der Waals surface area contributed by atoms with Crippen molar-refractivity contribution < 1.29 is 28.7 Å². The van der Waals surface area contributed by atoms with E-state index in [-0.39, 0.29) is 77.2 Å². The molecule has 0 unspecified atom stereocenters. The van der Waals surface area contributed by atoms with Gasteiger partial charge in [-0.1, -0.05) is 53.4 Å². The van der Waals surface area contributed by atoms with Gasteiger partial charge in [-0.05, 0) is 101 Å². The number of carbonyl (C=O) groups is 4. The third kappa shape index (κ3) is 12.9. The van der Waals surface area contributed by atoms with E-state index in [4.69, 9.17) is 9.47 Å². The van der Waals surface area contributed by atoms with Gasteiger partial charge in [0.2, 0.25) is 0 Å². The summed E-state index contributed by atoms with van der Waals surface area (Å²) in [4.78, 5) is 57.4. The second-order valence-corrected chi connectivity index (χ2v) is 12.3. The lowest BCUT2D eigenvalue weighted by Crippen LogP contribution is -2.28. The van der Waals surface area contributed by atoms with Crippen LogP contribution in [-0.4, -0.2) is 85.8 Å². The molecule has 0 amide bonds. The predicted molar refractivity (Wildman–Crippen MR) is 197 cm³/mol. The Kier molecular flexibility index (Phi) is 21.2. The number of nitrogens with zero attached hydrogens (tertiary/aromatic N) is 2. The van der Waals surface area contributed by atoms with Gasteiger partial charge in [0.05, 0.1) is 24.3 Å². The van der Waals surface area contributed by atoms with Crippen molar-refractivity contribution in [2.75, 3.05) is 52.5 Å². The van der Waals surface area contributed by atoms with E-state index in [9.17, 15) is 19.2 Å². The van der Waals surface area contributed by atoms with E-state index in [2.05, 4.69) is 37.5 Å². The maximum Gasteiger partial charge on any atom is 0.338 e. The highest BCUT2D eigenvalue weighted by Crippen LogP contribution is 2.29. The molecule has 0 bridgehead atoms. The summed E-state index contributed by atoms with van der Waals surface area (Å²) in [6.45, 7) is 15.2. The first kappa shape index (κ1) is 43.2. The monoisotopic (exact) mass is 706 g/mol. The van der Waals surface area contributed by atoms with Crippen molar-refractivity contribution in [3.8, 4) is 0 Å². The van der Waals surface area contributed by atoms with Crippen LogP contribution in [0.25, 0.3) is 0 Å². The molecule has 2 aromatic rings. The number of unbranched alkanes of at least 4 members (excludes halogenated alkanes) is 4. The van der Waals surface area contributed by atoms with Crippen LogP contribution in [-0.2, 0) is 9.47 Å². The van der Waals surface area contributed by atoms with Crippen LogP contribution in [0.15, 0.2) is 36.4 Å². The molecule has 0 saturated carbocycles.